The second kappa shape index (κ2) is 16.4. The van der Waals surface area contributed by atoms with Crippen LogP contribution < -0.4 is 26.2 Å². The van der Waals surface area contributed by atoms with Crippen molar-refractivity contribution in [1.82, 2.24) is 0 Å². The Bertz CT molecular complexity index is 3910. The summed E-state index contributed by atoms with van der Waals surface area (Å²) in [5, 5.41) is 0. The lowest BCUT2D eigenvalue weighted by Crippen LogP contribution is -2.63. The maximum Gasteiger partial charge on any atom is 0.252 e. The number of hydrogen-bond donors (Lipinski definition) is 0. The number of allylic oxidation sites excluding steroid dienone is 1. The predicted octanol–water partition coefficient (Wildman–Crippen LogP) is 18.9. The molecule has 2 nitrogen and oxygen atoms in total. The first-order chi connectivity index (χ1) is 37.5. The van der Waals surface area contributed by atoms with Gasteiger partial charge >= 0.3 is 0 Å². The van der Waals surface area contributed by atoms with Crippen LogP contribution in [-0.4, -0.2) is 6.71 Å². The Morgan fingerprint density at radius 3 is 1.74 bits per heavy atom. The van der Waals surface area contributed by atoms with Gasteiger partial charge in [-0.15, -0.1) is 0 Å². The summed E-state index contributed by atoms with van der Waals surface area (Å²) < 4.78 is 0. The van der Waals surface area contributed by atoms with Gasteiger partial charge in [0.05, 0.1) is 5.69 Å². The Morgan fingerprint density at radius 1 is 0.463 bits per heavy atom. The van der Waals surface area contributed by atoms with E-state index in [4.69, 9.17) is 6.58 Å². The molecule has 1 fully saturated rings. The summed E-state index contributed by atoms with van der Waals surface area (Å²) in [7, 11) is 0. The van der Waals surface area contributed by atoms with E-state index in [1.54, 1.807) is 0 Å². The summed E-state index contributed by atoms with van der Waals surface area (Å²) in [4.78, 5) is 5.58. The Hall–Kier alpha value is -6.06. The lowest BCUT2D eigenvalue weighted by Gasteiger charge is -2.53. The molecule has 7 aromatic carbocycles. The van der Waals surface area contributed by atoms with E-state index in [9.17, 15) is 0 Å². The highest BCUT2D eigenvalue weighted by molar-refractivity contribution is 7.00. The van der Waals surface area contributed by atoms with E-state index in [-0.39, 0.29) is 50.0 Å². The highest BCUT2D eigenvalue weighted by Gasteiger charge is 2.56. The van der Waals surface area contributed by atoms with Crippen molar-refractivity contribution in [1.29, 1.82) is 0 Å². The van der Waals surface area contributed by atoms with Gasteiger partial charge in [0.2, 0.25) is 0 Å². The molecular formula is C77H87BN2. The third-order valence-electron chi connectivity index (χ3n) is 23.4. The van der Waals surface area contributed by atoms with Gasteiger partial charge in [-0.2, -0.15) is 0 Å². The molecule has 14 rings (SSSR count). The van der Waals surface area contributed by atoms with Gasteiger partial charge in [0.25, 0.3) is 6.71 Å². The van der Waals surface area contributed by atoms with E-state index in [0.29, 0.717) is 0 Å². The highest BCUT2D eigenvalue weighted by atomic mass is 15.2. The molecule has 0 aromatic heterocycles. The van der Waals surface area contributed by atoms with Crippen LogP contribution in [0.4, 0.5) is 34.1 Å². The lowest BCUT2D eigenvalue weighted by molar-refractivity contribution is 0.151. The van der Waals surface area contributed by atoms with Gasteiger partial charge in [-0.1, -0.05) is 188 Å². The van der Waals surface area contributed by atoms with E-state index >= 15 is 0 Å². The number of nitrogens with zero attached hydrogens (tertiary/aromatic N) is 2. The van der Waals surface area contributed by atoms with Gasteiger partial charge in [0.15, 0.2) is 0 Å². The maximum atomic E-state index is 5.32. The molecule has 3 unspecified atom stereocenters. The van der Waals surface area contributed by atoms with Crippen molar-refractivity contribution in [3.63, 3.8) is 0 Å². The Morgan fingerprint density at radius 2 is 1.06 bits per heavy atom. The Labute approximate surface area is 481 Å². The summed E-state index contributed by atoms with van der Waals surface area (Å²) in [6, 6.07) is 45.0. The van der Waals surface area contributed by atoms with Gasteiger partial charge < -0.3 is 9.80 Å². The van der Waals surface area contributed by atoms with Crippen LogP contribution >= 0.6 is 0 Å². The van der Waals surface area contributed by atoms with Crippen molar-refractivity contribution in [2.45, 2.75) is 207 Å². The first-order valence-corrected chi connectivity index (χ1v) is 30.9. The number of hydrogen-bond acceptors (Lipinski definition) is 2. The molecule has 4 aliphatic carbocycles. The zero-order valence-electron chi connectivity index (χ0n) is 51.7. The summed E-state index contributed by atoms with van der Waals surface area (Å²) >= 11 is 0. The van der Waals surface area contributed by atoms with Crippen LogP contribution in [-0.2, 0) is 37.9 Å². The van der Waals surface area contributed by atoms with Crippen molar-refractivity contribution >= 4 is 62.8 Å². The fourth-order valence-electron chi connectivity index (χ4n) is 18.0. The van der Waals surface area contributed by atoms with Crippen molar-refractivity contribution in [2.24, 2.45) is 5.41 Å². The molecule has 0 radical (unpaired) electrons. The first-order valence-electron chi connectivity index (χ1n) is 30.9. The molecule has 0 bridgehead atoms. The van der Waals surface area contributed by atoms with Crippen LogP contribution in [0.1, 0.15) is 221 Å². The van der Waals surface area contributed by atoms with Crippen molar-refractivity contribution in [3.05, 3.63) is 188 Å². The Balaban J connectivity index is 1.08. The molecule has 0 amide bonds. The van der Waals surface area contributed by atoms with Gasteiger partial charge in [-0.3, -0.25) is 0 Å². The monoisotopic (exact) mass is 1050 g/mol. The standard InChI is InChI=1S/C77H87BN2/c1-45-28-30-50(70(5,6)7)41-54(45)76(17)33-22-21-32-75(76,16)48(4)49-29-31-59-63(40-49)79(62-43-57-55(38-46(62)2)71(8,9)34-36-73(57,12)13)65-39-47(3)66-69-68(65)78(59)60-42-56-58(74(14,15)37-35-72(56,10)11)44-64(60)80(69)61-27-23-25-52-51-24-19-20-26-53(51)77(66,18)67(52)61/h19-20,23-31,38-44H,4,21-22,32-37H2,1-3,5-18H3. The van der Waals surface area contributed by atoms with E-state index in [1.165, 1.54) is 178 Å². The average Bonchev–Trinajstić information content (AvgIpc) is 3.76. The normalized spacial score (nSPS) is 24.4. The second-order valence-corrected chi connectivity index (χ2v) is 30.9. The summed E-state index contributed by atoms with van der Waals surface area (Å²) in [5.41, 5.74) is 34.6. The van der Waals surface area contributed by atoms with Crippen molar-refractivity contribution in [3.8, 4) is 11.1 Å². The van der Waals surface area contributed by atoms with Crippen LogP contribution in [0.5, 0.6) is 0 Å². The molecule has 3 heterocycles. The molecule has 3 atom stereocenters. The minimum Gasteiger partial charge on any atom is -0.311 e. The number of aryl methyl sites for hydroxylation is 3. The topological polar surface area (TPSA) is 6.48 Å². The molecule has 0 saturated heterocycles. The van der Waals surface area contributed by atoms with Gasteiger partial charge in [-0.05, 0) is 229 Å². The third-order valence-corrected chi connectivity index (χ3v) is 23.4. The van der Waals surface area contributed by atoms with E-state index in [2.05, 4.69) is 237 Å². The maximum absolute atomic E-state index is 5.32. The Kier molecular flexibility index (Phi) is 10.6. The first kappa shape index (κ1) is 52.0. The molecule has 80 heavy (non-hydrogen) atoms. The fourth-order valence-corrected chi connectivity index (χ4v) is 18.0. The van der Waals surface area contributed by atoms with E-state index in [1.807, 2.05) is 0 Å². The lowest BCUT2D eigenvalue weighted by atomic mass is 9.32. The number of benzene rings is 7. The van der Waals surface area contributed by atoms with Crippen molar-refractivity contribution < 1.29 is 0 Å². The summed E-state index contributed by atoms with van der Waals surface area (Å²) in [5.74, 6) is 0. The number of anilines is 6. The van der Waals surface area contributed by atoms with Crippen LogP contribution in [0, 0.1) is 26.2 Å². The van der Waals surface area contributed by atoms with E-state index in [0.717, 1.165) is 12.8 Å². The van der Waals surface area contributed by atoms with Gasteiger partial charge in [0.1, 0.15) is 0 Å². The average molecular weight is 1050 g/mol. The second-order valence-electron chi connectivity index (χ2n) is 30.9. The highest BCUT2D eigenvalue weighted by Crippen LogP contribution is 2.65. The number of fused-ring (bicyclic) bond motifs is 12. The van der Waals surface area contributed by atoms with Crippen LogP contribution in [0.15, 0.2) is 116 Å². The molecule has 408 valence electrons. The third kappa shape index (κ3) is 6.67. The molecule has 3 aliphatic heterocycles. The molecule has 0 N–H and O–H groups in total. The number of rotatable bonds is 4. The predicted molar refractivity (Wildman–Crippen MR) is 344 cm³/mol. The molecule has 0 spiro atoms. The van der Waals surface area contributed by atoms with Gasteiger partial charge in [-0.25, -0.2) is 0 Å². The van der Waals surface area contributed by atoms with Crippen LogP contribution in [0.3, 0.4) is 0 Å². The molecule has 7 aromatic rings. The van der Waals surface area contributed by atoms with Crippen LogP contribution in [0.2, 0.25) is 0 Å². The summed E-state index contributed by atoms with van der Waals surface area (Å²) in [6.45, 7) is 47.4. The molecule has 1 saturated carbocycles. The van der Waals surface area contributed by atoms with Crippen molar-refractivity contribution in [2.75, 3.05) is 9.80 Å². The minimum absolute atomic E-state index is 0.00177. The SMILES string of the molecule is C=C(c1ccc2c(c1)N(c1cc3c(cc1C)C(C)(C)CCC3(C)C)c1cc(C)c3c4c1B2c1cc2c(cc1N4c1cccc4c1C3(C)c1ccccc1-4)C(C)(C)CCC2(C)C)C1(C)CCCCC1(C)c1cc(C(C)(C)C)ccc1C. The summed E-state index contributed by atoms with van der Waals surface area (Å²) in [6.07, 6.45) is 9.40. The quantitative estimate of drug-likeness (QED) is 0.162. The zero-order chi connectivity index (χ0) is 56.6. The molecule has 3 heteroatoms. The largest absolute Gasteiger partial charge is 0.311 e. The van der Waals surface area contributed by atoms with Gasteiger partial charge in [0, 0.05) is 44.7 Å². The van der Waals surface area contributed by atoms with Crippen LogP contribution in [0.25, 0.3) is 16.7 Å². The smallest absolute Gasteiger partial charge is 0.252 e. The fraction of sp³-hybridized carbons (Fsp3) is 0.429. The van der Waals surface area contributed by atoms with E-state index < -0.39 is 0 Å². The zero-order valence-corrected chi connectivity index (χ0v) is 51.7. The minimum atomic E-state index is -0.345. The molecular weight excluding hydrogens is 964 g/mol. The molecule has 7 aliphatic rings.